The van der Waals surface area contributed by atoms with Crippen LogP contribution in [0, 0.1) is 0 Å². The Kier molecular flexibility index (Phi) is 6.89. The molecule has 0 unspecified atom stereocenters. The first-order chi connectivity index (χ1) is 12.1. The van der Waals surface area contributed by atoms with Crippen molar-refractivity contribution < 1.29 is 19.0 Å². The molecule has 0 radical (unpaired) electrons. The Morgan fingerprint density at radius 2 is 1.72 bits per heavy atom. The van der Waals surface area contributed by atoms with E-state index in [0.717, 1.165) is 15.6 Å². The Bertz CT molecular complexity index is 749. The highest BCUT2D eigenvalue weighted by molar-refractivity contribution is 9.10. The van der Waals surface area contributed by atoms with E-state index in [9.17, 15) is 4.79 Å². The number of carbonyl (C=O) groups excluding carboxylic acids is 1. The fourth-order valence-electron chi connectivity index (χ4n) is 2.26. The zero-order valence-corrected chi connectivity index (χ0v) is 15.9. The maximum Gasteiger partial charge on any atom is 0.244 e. The van der Waals surface area contributed by atoms with Crippen molar-refractivity contribution in [1.82, 2.24) is 5.32 Å². The van der Waals surface area contributed by atoms with Crippen LogP contribution in [0.15, 0.2) is 46.9 Å². The number of hydrogen-bond donors (Lipinski definition) is 1. The van der Waals surface area contributed by atoms with Crippen molar-refractivity contribution in [3.63, 3.8) is 0 Å². The number of nitrogens with one attached hydrogen (secondary N) is 1. The molecule has 0 saturated carbocycles. The molecule has 5 nitrogen and oxygen atoms in total. The zero-order valence-electron chi connectivity index (χ0n) is 14.3. The van der Waals surface area contributed by atoms with Crippen LogP contribution in [0.4, 0.5) is 0 Å². The third kappa shape index (κ3) is 5.00. The number of halogens is 1. The molecule has 0 atom stereocenters. The standard InChI is InChI=1S/C19H20BrNO4/c1-23-16-10-13(11-17(24-2)19(16)25-3)12-21-18(22)9-8-14-6-4-5-7-15(14)20/h4-11H,12H2,1-3H3,(H,21,22)/b9-8+. The van der Waals surface area contributed by atoms with Crippen LogP contribution in [-0.4, -0.2) is 27.2 Å². The van der Waals surface area contributed by atoms with Crippen LogP contribution in [0.3, 0.4) is 0 Å². The van der Waals surface area contributed by atoms with E-state index in [2.05, 4.69) is 21.2 Å². The second kappa shape index (κ2) is 9.13. The van der Waals surface area contributed by atoms with Gasteiger partial charge in [0.1, 0.15) is 0 Å². The predicted molar refractivity (Wildman–Crippen MR) is 101 cm³/mol. The van der Waals surface area contributed by atoms with Gasteiger partial charge in [0.2, 0.25) is 11.7 Å². The number of hydrogen-bond acceptors (Lipinski definition) is 4. The van der Waals surface area contributed by atoms with E-state index in [1.54, 1.807) is 39.5 Å². The van der Waals surface area contributed by atoms with Gasteiger partial charge in [-0.05, 0) is 35.4 Å². The van der Waals surface area contributed by atoms with Gasteiger partial charge in [-0.25, -0.2) is 0 Å². The largest absolute Gasteiger partial charge is 0.493 e. The number of amides is 1. The van der Waals surface area contributed by atoms with Gasteiger partial charge in [-0.1, -0.05) is 34.1 Å². The summed E-state index contributed by atoms with van der Waals surface area (Å²) in [7, 11) is 4.66. The van der Waals surface area contributed by atoms with E-state index in [0.29, 0.717) is 23.8 Å². The van der Waals surface area contributed by atoms with Gasteiger partial charge >= 0.3 is 0 Å². The second-order valence-corrected chi connectivity index (χ2v) is 5.96. The van der Waals surface area contributed by atoms with Gasteiger partial charge in [-0.15, -0.1) is 0 Å². The van der Waals surface area contributed by atoms with Gasteiger partial charge in [0.15, 0.2) is 11.5 Å². The molecule has 2 aromatic carbocycles. The molecule has 0 saturated heterocycles. The molecule has 1 amide bonds. The molecule has 132 valence electrons. The van der Waals surface area contributed by atoms with Crippen molar-refractivity contribution in [2.75, 3.05) is 21.3 Å². The van der Waals surface area contributed by atoms with Gasteiger partial charge in [-0.2, -0.15) is 0 Å². The van der Waals surface area contributed by atoms with Crippen LogP contribution >= 0.6 is 15.9 Å². The molecule has 0 aliphatic carbocycles. The van der Waals surface area contributed by atoms with Crippen LogP contribution in [0.2, 0.25) is 0 Å². The maximum absolute atomic E-state index is 12.0. The highest BCUT2D eigenvalue weighted by atomic mass is 79.9. The Morgan fingerprint density at radius 3 is 2.28 bits per heavy atom. The molecule has 1 N–H and O–H groups in total. The molecule has 0 fully saturated rings. The Balaban J connectivity index is 2.05. The molecule has 0 aliphatic heterocycles. The number of benzene rings is 2. The van der Waals surface area contributed by atoms with Gasteiger partial charge < -0.3 is 19.5 Å². The summed E-state index contributed by atoms with van der Waals surface area (Å²) in [4.78, 5) is 12.0. The molecule has 0 aromatic heterocycles. The van der Waals surface area contributed by atoms with E-state index < -0.39 is 0 Å². The van der Waals surface area contributed by atoms with Crippen LogP contribution < -0.4 is 19.5 Å². The summed E-state index contributed by atoms with van der Waals surface area (Å²) in [6.07, 6.45) is 3.26. The Hall–Kier alpha value is -2.47. The van der Waals surface area contributed by atoms with Gasteiger partial charge in [0, 0.05) is 17.1 Å². The summed E-state index contributed by atoms with van der Waals surface area (Å²) in [6.45, 7) is 0.343. The molecule has 2 aromatic rings. The third-order valence-electron chi connectivity index (χ3n) is 3.51. The van der Waals surface area contributed by atoms with Crippen LogP contribution in [0.1, 0.15) is 11.1 Å². The first kappa shape index (κ1) is 18.9. The van der Waals surface area contributed by atoms with E-state index in [1.165, 1.54) is 6.08 Å². The number of ether oxygens (including phenoxy) is 3. The summed E-state index contributed by atoms with van der Waals surface area (Å²) >= 11 is 3.44. The predicted octanol–water partition coefficient (Wildman–Crippen LogP) is 3.80. The Morgan fingerprint density at radius 1 is 1.08 bits per heavy atom. The van der Waals surface area contributed by atoms with E-state index in [4.69, 9.17) is 14.2 Å². The number of carbonyl (C=O) groups is 1. The minimum atomic E-state index is -0.190. The fourth-order valence-corrected chi connectivity index (χ4v) is 2.68. The summed E-state index contributed by atoms with van der Waals surface area (Å²) in [5.74, 6) is 1.43. The van der Waals surface area contributed by atoms with Crippen LogP contribution in [0.5, 0.6) is 17.2 Å². The lowest BCUT2D eigenvalue weighted by molar-refractivity contribution is -0.116. The first-order valence-electron chi connectivity index (χ1n) is 7.58. The highest BCUT2D eigenvalue weighted by Gasteiger charge is 2.13. The number of methoxy groups -OCH3 is 3. The van der Waals surface area contributed by atoms with Gasteiger partial charge in [0.25, 0.3) is 0 Å². The molecule has 0 aliphatic rings. The first-order valence-corrected chi connectivity index (χ1v) is 8.37. The quantitative estimate of drug-likeness (QED) is 0.711. The van der Waals surface area contributed by atoms with Crippen molar-refractivity contribution in [3.8, 4) is 17.2 Å². The summed E-state index contributed by atoms with van der Waals surface area (Å²) in [6, 6.07) is 11.3. The van der Waals surface area contributed by atoms with Crippen LogP contribution in [-0.2, 0) is 11.3 Å². The molecule has 0 heterocycles. The van der Waals surface area contributed by atoms with Crippen molar-refractivity contribution in [2.24, 2.45) is 0 Å². The molecule has 25 heavy (non-hydrogen) atoms. The minimum Gasteiger partial charge on any atom is -0.493 e. The molecule has 0 bridgehead atoms. The SMILES string of the molecule is COc1cc(CNC(=O)/C=C/c2ccccc2Br)cc(OC)c1OC. The topological polar surface area (TPSA) is 56.8 Å². The average molecular weight is 406 g/mol. The molecule has 0 spiro atoms. The third-order valence-corrected chi connectivity index (χ3v) is 4.23. The lowest BCUT2D eigenvalue weighted by Crippen LogP contribution is -2.20. The summed E-state index contributed by atoms with van der Waals surface area (Å²) in [5, 5.41) is 2.84. The van der Waals surface area contributed by atoms with Crippen LogP contribution in [0.25, 0.3) is 6.08 Å². The van der Waals surface area contributed by atoms with E-state index in [1.807, 2.05) is 24.3 Å². The molecule has 2 rings (SSSR count). The van der Waals surface area contributed by atoms with Crippen molar-refractivity contribution >= 4 is 27.9 Å². The summed E-state index contributed by atoms with van der Waals surface area (Å²) < 4.78 is 16.8. The van der Waals surface area contributed by atoms with Crippen molar-refractivity contribution in [1.29, 1.82) is 0 Å². The van der Waals surface area contributed by atoms with Crippen molar-refractivity contribution in [3.05, 3.63) is 58.1 Å². The maximum atomic E-state index is 12.0. The highest BCUT2D eigenvalue weighted by Crippen LogP contribution is 2.38. The van der Waals surface area contributed by atoms with Crippen molar-refractivity contribution in [2.45, 2.75) is 6.54 Å². The molecular weight excluding hydrogens is 386 g/mol. The van der Waals surface area contributed by atoms with E-state index >= 15 is 0 Å². The van der Waals surface area contributed by atoms with Gasteiger partial charge in [-0.3, -0.25) is 4.79 Å². The monoisotopic (exact) mass is 405 g/mol. The smallest absolute Gasteiger partial charge is 0.244 e. The Labute approximate surface area is 155 Å². The minimum absolute atomic E-state index is 0.190. The fraction of sp³-hybridized carbons (Fsp3) is 0.211. The average Bonchev–Trinajstić information content (AvgIpc) is 2.64. The second-order valence-electron chi connectivity index (χ2n) is 5.11. The normalized spacial score (nSPS) is 10.6. The lowest BCUT2D eigenvalue weighted by atomic mass is 10.1. The number of rotatable bonds is 7. The zero-order chi connectivity index (χ0) is 18.2. The molecule has 6 heteroatoms. The van der Waals surface area contributed by atoms with E-state index in [-0.39, 0.29) is 5.91 Å². The lowest BCUT2D eigenvalue weighted by Gasteiger charge is -2.14. The van der Waals surface area contributed by atoms with Gasteiger partial charge in [0.05, 0.1) is 21.3 Å². The molecular formula is C19H20BrNO4. The summed E-state index contributed by atoms with van der Waals surface area (Å²) in [5.41, 5.74) is 1.78.